The summed E-state index contributed by atoms with van der Waals surface area (Å²) < 4.78 is 0. The fourth-order valence-electron chi connectivity index (χ4n) is 2.22. The van der Waals surface area contributed by atoms with Crippen molar-refractivity contribution >= 4 is 17.3 Å². The predicted octanol–water partition coefficient (Wildman–Crippen LogP) is 0.815. The Morgan fingerprint density at radius 1 is 1.22 bits per heavy atom. The number of aliphatic hydroxyl groups is 2. The predicted molar refractivity (Wildman–Crippen MR) is 73.2 cm³/mol. The Bertz CT molecular complexity index is 381. The second kappa shape index (κ2) is 6.38. The van der Waals surface area contributed by atoms with E-state index >= 15 is 0 Å². The average molecular weight is 271 g/mol. The van der Waals surface area contributed by atoms with Crippen molar-refractivity contribution in [3.63, 3.8) is 0 Å². The third-order valence-electron chi connectivity index (χ3n) is 3.23. The first-order chi connectivity index (χ1) is 8.69. The lowest BCUT2D eigenvalue weighted by atomic mass is 10.2. The summed E-state index contributed by atoms with van der Waals surface area (Å²) in [5.41, 5.74) is 1.14. The van der Waals surface area contributed by atoms with Crippen LogP contribution in [0.3, 0.4) is 0 Å². The highest BCUT2D eigenvalue weighted by Crippen LogP contribution is 2.20. The molecule has 100 valence electrons. The summed E-state index contributed by atoms with van der Waals surface area (Å²) >= 11 is 5.98. The minimum atomic E-state index is -0.636. The number of hydrogen-bond acceptors (Lipinski definition) is 4. The van der Waals surface area contributed by atoms with Crippen molar-refractivity contribution < 1.29 is 10.2 Å². The fraction of sp³-hybridized carbons (Fsp3) is 0.538. The number of β-amino-alcohol motifs (C(OH)–C–C–N with tert-alkyl or cyclic N) is 1. The molecule has 1 saturated heterocycles. The van der Waals surface area contributed by atoms with Crippen molar-refractivity contribution in [3.8, 4) is 0 Å². The molecule has 0 amide bonds. The van der Waals surface area contributed by atoms with E-state index in [-0.39, 0.29) is 6.61 Å². The van der Waals surface area contributed by atoms with Crippen LogP contribution in [0, 0.1) is 0 Å². The molecule has 5 heteroatoms. The molecule has 1 atom stereocenters. The molecule has 0 bridgehead atoms. The molecular weight excluding hydrogens is 252 g/mol. The van der Waals surface area contributed by atoms with E-state index in [0.29, 0.717) is 6.54 Å². The molecule has 4 nitrogen and oxygen atoms in total. The Hall–Kier alpha value is -0.810. The Balaban J connectivity index is 1.87. The van der Waals surface area contributed by atoms with Gasteiger partial charge in [0.05, 0.1) is 12.7 Å². The number of anilines is 1. The van der Waals surface area contributed by atoms with Crippen LogP contribution in [0.1, 0.15) is 0 Å². The van der Waals surface area contributed by atoms with Gasteiger partial charge in [0.1, 0.15) is 0 Å². The molecule has 0 saturated carbocycles. The van der Waals surface area contributed by atoms with E-state index in [1.807, 2.05) is 18.2 Å². The number of piperazine rings is 1. The Labute approximate surface area is 112 Å². The molecular formula is C13H19ClN2O2. The topological polar surface area (TPSA) is 46.9 Å². The SMILES string of the molecule is OC[C@H](O)CN1CCN(c2cccc(Cl)c2)CC1. The zero-order valence-corrected chi connectivity index (χ0v) is 11.1. The lowest BCUT2D eigenvalue weighted by Crippen LogP contribution is -2.49. The summed E-state index contributed by atoms with van der Waals surface area (Å²) in [5.74, 6) is 0. The molecule has 2 N–H and O–H groups in total. The van der Waals surface area contributed by atoms with Crippen LogP contribution in [-0.2, 0) is 0 Å². The van der Waals surface area contributed by atoms with Crippen LogP contribution in [-0.4, -0.2) is 60.5 Å². The number of nitrogens with zero attached hydrogens (tertiary/aromatic N) is 2. The molecule has 1 aliphatic rings. The van der Waals surface area contributed by atoms with Crippen molar-refractivity contribution in [2.24, 2.45) is 0 Å². The molecule has 2 rings (SSSR count). The first-order valence-electron chi connectivity index (χ1n) is 6.21. The fourth-order valence-corrected chi connectivity index (χ4v) is 2.40. The smallest absolute Gasteiger partial charge is 0.0897 e. The van der Waals surface area contributed by atoms with Gasteiger partial charge < -0.3 is 15.1 Å². The Morgan fingerprint density at radius 3 is 2.56 bits per heavy atom. The van der Waals surface area contributed by atoms with Crippen LogP contribution in [0.15, 0.2) is 24.3 Å². The molecule has 1 heterocycles. The van der Waals surface area contributed by atoms with E-state index in [0.717, 1.165) is 36.9 Å². The van der Waals surface area contributed by atoms with Gasteiger partial charge in [0, 0.05) is 43.4 Å². The minimum Gasteiger partial charge on any atom is -0.394 e. The highest BCUT2D eigenvalue weighted by Gasteiger charge is 2.19. The number of hydrogen-bond donors (Lipinski definition) is 2. The Morgan fingerprint density at radius 2 is 1.94 bits per heavy atom. The van der Waals surface area contributed by atoms with Gasteiger partial charge in [-0.2, -0.15) is 0 Å². The summed E-state index contributed by atoms with van der Waals surface area (Å²) in [5, 5.41) is 19.0. The van der Waals surface area contributed by atoms with Gasteiger partial charge >= 0.3 is 0 Å². The molecule has 1 aromatic rings. The zero-order chi connectivity index (χ0) is 13.0. The summed E-state index contributed by atoms with van der Waals surface area (Å²) in [4.78, 5) is 4.45. The van der Waals surface area contributed by atoms with E-state index in [1.54, 1.807) is 0 Å². The maximum absolute atomic E-state index is 9.41. The summed E-state index contributed by atoms with van der Waals surface area (Å²) in [7, 11) is 0. The highest BCUT2D eigenvalue weighted by atomic mass is 35.5. The zero-order valence-electron chi connectivity index (χ0n) is 10.3. The van der Waals surface area contributed by atoms with Gasteiger partial charge in [0.2, 0.25) is 0 Å². The second-order valence-electron chi connectivity index (χ2n) is 4.60. The maximum atomic E-state index is 9.41. The quantitative estimate of drug-likeness (QED) is 0.850. The average Bonchev–Trinajstić information content (AvgIpc) is 2.39. The van der Waals surface area contributed by atoms with Gasteiger partial charge in [-0.15, -0.1) is 0 Å². The number of aliphatic hydroxyl groups excluding tert-OH is 2. The molecule has 0 radical (unpaired) electrons. The minimum absolute atomic E-state index is 0.172. The van der Waals surface area contributed by atoms with Crippen molar-refractivity contribution in [1.82, 2.24) is 4.90 Å². The van der Waals surface area contributed by atoms with Crippen molar-refractivity contribution in [2.75, 3.05) is 44.2 Å². The molecule has 1 aromatic carbocycles. The van der Waals surface area contributed by atoms with Crippen LogP contribution in [0.5, 0.6) is 0 Å². The van der Waals surface area contributed by atoms with E-state index in [2.05, 4.69) is 15.9 Å². The van der Waals surface area contributed by atoms with Crippen LogP contribution < -0.4 is 4.90 Å². The third-order valence-corrected chi connectivity index (χ3v) is 3.46. The largest absolute Gasteiger partial charge is 0.394 e. The van der Waals surface area contributed by atoms with Gasteiger partial charge in [-0.25, -0.2) is 0 Å². The molecule has 1 fully saturated rings. The van der Waals surface area contributed by atoms with E-state index in [1.165, 1.54) is 0 Å². The standard InChI is InChI=1S/C13H19ClN2O2/c14-11-2-1-3-12(8-11)16-6-4-15(5-7-16)9-13(18)10-17/h1-3,8,13,17-18H,4-7,9-10H2/t13-/m1/s1. The van der Waals surface area contributed by atoms with Gasteiger partial charge in [-0.3, -0.25) is 4.90 Å². The van der Waals surface area contributed by atoms with Gasteiger partial charge in [0.15, 0.2) is 0 Å². The number of benzene rings is 1. The summed E-state index contributed by atoms with van der Waals surface area (Å²) in [6, 6.07) is 7.86. The van der Waals surface area contributed by atoms with Crippen LogP contribution in [0.2, 0.25) is 5.02 Å². The van der Waals surface area contributed by atoms with Gasteiger partial charge in [-0.05, 0) is 18.2 Å². The number of halogens is 1. The molecule has 0 aliphatic carbocycles. The van der Waals surface area contributed by atoms with E-state index < -0.39 is 6.10 Å². The van der Waals surface area contributed by atoms with Crippen LogP contribution in [0.25, 0.3) is 0 Å². The van der Waals surface area contributed by atoms with Crippen molar-refractivity contribution in [1.29, 1.82) is 0 Å². The monoisotopic (exact) mass is 270 g/mol. The first-order valence-corrected chi connectivity index (χ1v) is 6.58. The van der Waals surface area contributed by atoms with Crippen LogP contribution >= 0.6 is 11.6 Å². The maximum Gasteiger partial charge on any atom is 0.0897 e. The van der Waals surface area contributed by atoms with E-state index in [9.17, 15) is 5.11 Å². The molecule has 0 unspecified atom stereocenters. The molecule has 0 aromatic heterocycles. The lowest BCUT2D eigenvalue weighted by Gasteiger charge is -2.36. The second-order valence-corrected chi connectivity index (χ2v) is 5.04. The molecule has 18 heavy (non-hydrogen) atoms. The highest BCUT2D eigenvalue weighted by molar-refractivity contribution is 6.30. The summed E-state index contributed by atoms with van der Waals surface area (Å²) in [6.07, 6.45) is -0.636. The molecule has 1 aliphatic heterocycles. The first kappa shape index (κ1) is 13.6. The van der Waals surface area contributed by atoms with Crippen molar-refractivity contribution in [3.05, 3.63) is 29.3 Å². The lowest BCUT2D eigenvalue weighted by molar-refractivity contribution is 0.0575. The summed E-state index contributed by atoms with van der Waals surface area (Å²) in [6.45, 7) is 3.98. The van der Waals surface area contributed by atoms with Gasteiger partial charge in [-0.1, -0.05) is 17.7 Å². The third kappa shape index (κ3) is 3.59. The van der Waals surface area contributed by atoms with Crippen molar-refractivity contribution in [2.45, 2.75) is 6.10 Å². The number of rotatable bonds is 4. The van der Waals surface area contributed by atoms with Gasteiger partial charge in [0.25, 0.3) is 0 Å². The normalized spacial score (nSPS) is 18.9. The molecule has 0 spiro atoms. The Kier molecular flexibility index (Phi) is 4.83. The van der Waals surface area contributed by atoms with E-state index in [4.69, 9.17) is 16.7 Å². The van der Waals surface area contributed by atoms with Crippen LogP contribution in [0.4, 0.5) is 5.69 Å².